The molecule has 1 aliphatic carbocycles. The van der Waals surface area contributed by atoms with Crippen LogP contribution in [0.25, 0.3) is 11.4 Å². The number of nitrogens with one attached hydrogen (secondary N) is 1. The molecule has 6 nitrogen and oxygen atoms in total. The number of rotatable bonds is 8. The predicted molar refractivity (Wildman–Crippen MR) is 124 cm³/mol. The summed E-state index contributed by atoms with van der Waals surface area (Å²) in [5, 5.41) is 3.01. The fraction of sp³-hybridized carbons (Fsp3) is 0.269. The number of ether oxygens (including phenoxy) is 2. The zero-order valence-electron chi connectivity index (χ0n) is 18.2. The Morgan fingerprint density at radius 2 is 1.84 bits per heavy atom. The largest absolute Gasteiger partial charge is 0.493 e. The number of carbonyl (C=O) groups excluding carboxylic acids is 1. The average Bonchev–Trinajstić information content (AvgIpc) is 2.85. The van der Waals surface area contributed by atoms with Crippen molar-refractivity contribution in [1.29, 1.82) is 0 Å². The van der Waals surface area contributed by atoms with E-state index in [4.69, 9.17) is 9.47 Å². The van der Waals surface area contributed by atoms with Crippen LogP contribution in [0.4, 0.5) is 0 Å². The molecule has 164 valence electrons. The normalized spacial score (nSPS) is 13.2. The highest BCUT2D eigenvalue weighted by atomic mass is 16.5. The number of hydrogen-bond acceptors (Lipinski definition) is 5. The van der Waals surface area contributed by atoms with Gasteiger partial charge in [0, 0.05) is 29.9 Å². The minimum Gasteiger partial charge on any atom is -0.493 e. The first-order valence-electron chi connectivity index (χ1n) is 10.9. The minimum absolute atomic E-state index is 0.0675. The summed E-state index contributed by atoms with van der Waals surface area (Å²) >= 11 is 0. The quantitative estimate of drug-likeness (QED) is 0.474. The van der Waals surface area contributed by atoms with Crippen LogP contribution in [0.1, 0.15) is 42.5 Å². The Bertz CT molecular complexity index is 1090. The molecule has 0 spiro atoms. The lowest BCUT2D eigenvalue weighted by molar-refractivity contribution is 0.0954. The molecule has 1 aromatic heterocycles. The third-order valence-electron chi connectivity index (χ3n) is 5.44. The van der Waals surface area contributed by atoms with Crippen LogP contribution >= 0.6 is 0 Å². The van der Waals surface area contributed by atoms with E-state index >= 15 is 0 Å². The van der Waals surface area contributed by atoms with Gasteiger partial charge in [0.1, 0.15) is 0 Å². The van der Waals surface area contributed by atoms with Gasteiger partial charge in [-0.1, -0.05) is 35.9 Å². The zero-order chi connectivity index (χ0) is 22.2. The van der Waals surface area contributed by atoms with E-state index in [-0.39, 0.29) is 5.91 Å². The second kappa shape index (κ2) is 10.6. The summed E-state index contributed by atoms with van der Waals surface area (Å²) in [6.07, 6.45) is 9.75. The van der Waals surface area contributed by atoms with Gasteiger partial charge in [-0.3, -0.25) is 4.79 Å². The SMILES string of the molecule is COc1ccccc1Oc1ccnc(-c2ccc(C(=O)NCCC3=CCCCC3)cc2)n1. The van der Waals surface area contributed by atoms with Gasteiger partial charge in [-0.15, -0.1) is 0 Å². The summed E-state index contributed by atoms with van der Waals surface area (Å²) in [5.41, 5.74) is 2.88. The van der Waals surface area contributed by atoms with Crippen LogP contribution in [0.5, 0.6) is 17.4 Å². The molecule has 1 N–H and O–H groups in total. The first-order chi connectivity index (χ1) is 15.7. The maximum absolute atomic E-state index is 12.5. The third-order valence-corrected chi connectivity index (χ3v) is 5.44. The van der Waals surface area contributed by atoms with Crippen molar-refractivity contribution in [3.05, 3.63) is 78.0 Å². The molecule has 2 aromatic carbocycles. The van der Waals surface area contributed by atoms with Gasteiger partial charge in [-0.2, -0.15) is 4.98 Å². The van der Waals surface area contributed by atoms with E-state index in [2.05, 4.69) is 21.4 Å². The number of amides is 1. The van der Waals surface area contributed by atoms with Gasteiger partial charge in [0.15, 0.2) is 17.3 Å². The number of para-hydroxylation sites is 2. The Morgan fingerprint density at radius 1 is 1.03 bits per heavy atom. The lowest BCUT2D eigenvalue weighted by Crippen LogP contribution is -2.24. The van der Waals surface area contributed by atoms with Crippen molar-refractivity contribution in [1.82, 2.24) is 15.3 Å². The van der Waals surface area contributed by atoms with Crippen molar-refractivity contribution in [2.45, 2.75) is 32.1 Å². The van der Waals surface area contributed by atoms with Crippen LogP contribution in [0.3, 0.4) is 0 Å². The number of nitrogens with zero attached hydrogens (tertiary/aromatic N) is 2. The molecule has 0 fully saturated rings. The number of benzene rings is 2. The molecule has 0 bridgehead atoms. The van der Waals surface area contributed by atoms with Gasteiger partial charge in [0.2, 0.25) is 5.88 Å². The van der Waals surface area contributed by atoms with E-state index in [1.165, 1.54) is 18.4 Å². The topological polar surface area (TPSA) is 73.3 Å². The van der Waals surface area contributed by atoms with Crippen LogP contribution in [0.15, 0.2) is 72.4 Å². The predicted octanol–water partition coefficient (Wildman–Crippen LogP) is 5.56. The van der Waals surface area contributed by atoms with Crippen molar-refractivity contribution < 1.29 is 14.3 Å². The standard InChI is InChI=1S/C26H27N3O3/c1-31-22-9-5-6-10-23(22)32-24-16-18-27-25(29-24)20-11-13-21(14-12-20)26(30)28-17-15-19-7-3-2-4-8-19/h5-7,9-14,16,18H,2-4,8,15,17H2,1H3,(H,28,30). The molecule has 1 aliphatic rings. The number of carbonyl (C=O) groups is 1. The molecule has 1 heterocycles. The molecule has 0 radical (unpaired) electrons. The van der Waals surface area contributed by atoms with Gasteiger partial charge in [-0.05, 0) is 56.4 Å². The van der Waals surface area contributed by atoms with E-state index in [0.717, 1.165) is 24.8 Å². The lowest BCUT2D eigenvalue weighted by atomic mass is 9.97. The van der Waals surface area contributed by atoms with E-state index in [9.17, 15) is 4.79 Å². The van der Waals surface area contributed by atoms with Gasteiger partial charge in [-0.25, -0.2) is 4.98 Å². The van der Waals surface area contributed by atoms with E-state index in [1.807, 2.05) is 36.4 Å². The van der Waals surface area contributed by atoms with Crippen molar-refractivity contribution in [2.75, 3.05) is 13.7 Å². The summed E-state index contributed by atoms with van der Waals surface area (Å²) < 4.78 is 11.2. The van der Waals surface area contributed by atoms with E-state index in [1.54, 1.807) is 31.5 Å². The van der Waals surface area contributed by atoms with Crippen LogP contribution in [0.2, 0.25) is 0 Å². The smallest absolute Gasteiger partial charge is 0.251 e. The Labute approximate surface area is 188 Å². The van der Waals surface area contributed by atoms with Crippen LogP contribution in [-0.4, -0.2) is 29.5 Å². The number of methoxy groups -OCH3 is 1. The molecule has 6 heteroatoms. The molecule has 0 saturated heterocycles. The summed E-state index contributed by atoms with van der Waals surface area (Å²) in [4.78, 5) is 21.3. The molecule has 1 amide bonds. The molecule has 0 atom stereocenters. The zero-order valence-corrected chi connectivity index (χ0v) is 18.2. The maximum atomic E-state index is 12.5. The fourth-order valence-corrected chi connectivity index (χ4v) is 3.69. The average molecular weight is 430 g/mol. The molecule has 0 aliphatic heterocycles. The van der Waals surface area contributed by atoms with Crippen molar-refractivity contribution >= 4 is 5.91 Å². The van der Waals surface area contributed by atoms with Gasteiger partial charge in [0.05, 0.1) is 7.11 Å². The van der Waals surface area contributed by atoms with Gasteiger partial charge >= 0.3 is 0 Å². The summed E-state index contributed by atoms with van der Waals surface area (Å²) in [5.74, 6) is 2.08. The molecular weight excluding hydrogens is 402 g/mol. The Morgan fingerprint density at radius 3 is 2.59 bits per heavy atom. The number of hydrogen-bond donors (Lipinski definition) is 1. The van der Waals surface area contributed by atoms with E-state index < -0.39 is 0 Å². The molecule has 3 aromatic rings. The van der Waals surface area contributed by atoms with Crippen molar-refractivity contribution in [2.24, 2.45) is 0 Å². The molecule has 32 heavy (non-hydrogen) atoms. The Kier molecular flexibility index (Phi) is 7.12. The first-order valence-corrected chi connectivity index (χ1v) is 10.9. The second-order valence-corrected chi connectivity index (χ2v) is 7.66. The summed E-state index contributed by atoms with van der Waals surface area (Å²) in [6, 6.07) is 16.4. The van der Waals surface area contributed by atoms with E-state index in [0.29, 0.717) is 35.3 Å². The molecule has 0 saturated carbocycles. The summed E-state index contributed by atoms with van der Waals surface area (Å²) in [7, 11) is 1.60. The van der Waals surface area contributed by atoms with Gasteiger partial charge < -0.3 is 14.8 Å². The highest BCUT2D eigenvalue weighted by Crippen LogP contribution is 2.30. The number of allylic oxidation sites excluding steroid dienone is 1. The van der Waals surface area contributed by atoms with Crippen molar-refractivity contribution in [3.63, 3.8) is 0 Å². The Hall–Kier alpha value is -3.67. The molecular formula is C26H27N3O3. The lowest BCUT2D eigenvalue weighted by Gasteiger charge is -2.13. The Balaban J connectivity index is 1.38. The fourth-order valence-electron chi connectivity index (χ4n) is 3.69. The van der Waals surface area contributed by atoms with Crippen LogP contribution in [0, 0.1) is 0 Å². The highest BCUT2D eigenvalue weighted by Gasteiger charge is 2.10. The number of aromatic nitrogens is 2. The first kappa shape index (κ1) is 21.6. The monoisotopic (exact) mass is 429 g/mol. The molecule has 0 unspecified atom stereocenters. The summed E-state index contributed by atoms with van der Waals surface area (Å²) in [6.45, 7) is 0.665. The van der Waals surface area contributed by atoms with Crippen molar-refractivity contribution in [3.8, 4) is 28.8 Å². The minimum atomic E-state index is -0.0675. The van der Waals surface area contributed by atoms with Crippen LogP contribution in [-0.2, 0) is 0 Å². The van der Waals surface area contributed by atoms with Gasteiger partial charge in [0.25, 0.3) is 5.91 Å². The second-order valence-electron chi connectivity index (χ2n) is 7.66. The molecule has 4 rings (SSSR count). The maximum Gasteiger partial charge on any atom is 0.251 e. The highest BCUT2D eigenvalue weighted by molar-refractivity contribution is 5.94. The third kappa shape index (κ3) is 5.52. The van der Waals surface area contributed by atoms with Crippen LogP contribution < -0.4 is 14.8 Å².